The van der Waals surface area contributed by atoms with Crippen molar-refractivity contribution in [3.63, 3.8) is 0 Å². The number of aliphatic imine (C=N–C) groups is 1. The number of fused-ring (bicyclic) bond motifs is 1. The zero-order chi connectivity index (χ0) is 14.9. The number of hydrogen-bond donors (Lipinski definition) is 0. The van der Waals surface area contributed by atoms with Crippen molar-refractivity contribution in [2.75, 3.05) is 19.6 Å². The van der Waals surface area contributed by atoms with Crippen LogP contribution < -0.4 is 0 Å². The molecular weight excluding hydrogens is 296 g/mol. The van der Waals surface area contributed by atoms with Gasteiger partial charge in [0, 0.05) is 25.0 Å². The quantitative estimate of drug-likeness (QED) is 0.859. The molecule has 4 heterocycles. The molecule has 114 valence electrons. The van der Waals surface area contributed by atoms with Crippen molar-refractivity contribution < 1.29 is 4.79 Å². The fourth-order valence-electron chi connectivity index (χ4n) is 3.32. The minimum atomic E-state index is 0.134. The van der Waals surface area contributed by atoms with Crippen LogP contribution in [-0.2, 0) is 4.79 Å². The van der Waals surface area contributed by atoms with Gasteiger partial charge in [0.15, 0.2) is 5.17 Å². The molecule has 1 fully saturated rings. The van der Waals surface area contributed by atoms with Crippen LogP contribution in [0.25, 0.3) is 0 Å². The second-order valence-electron chi connectivity index (χ2n) is 5.72. The predicted molar refractivity (Wildman–Crippen MR) is 87.2 cm³/mol. The highest BCUT2D eigenvalue weighted by atomic mass is 32.2. The Kier molecular flexibility index (Phi) is 3.62. The highest BCUT2D eigenvalue weighted by Crippen LogP contribution is 2.34. The molecule has 22 heavy (non-hydrogen) atoms. The molecule has 3 aliphatic heterocycles. The smallest absolute Gasteiger partial charge is 0.229 e. The lowest BCUT2D eigenvalue weighted by Gasteiger charge is -2.26. The van der Waals surface area contributed by atoms with Crippen LogP contribution in [0.2, 0.25) is 0 Å². The molecule has 0 saturated carbocycles. The Labute approximate surface area is 134 Å². The van der Waals surface area contributed by atoms with Crippen LogP contribution in [0, 0.1) is 0 Å². The van der Waals surface area contributed by atoms with Gasteiger partial charge >= 0.3 is 0 Å². The number of hydrogen-bond acceptors (Lipinski definition) is 5. The molecule has 0 spiro atoms. The molecule has 3 aliphatic rings. The maximum atomic E-state index is 12.8. The lowest BCUT2D eigenvalue weighted by molar-refractivity contribution is -0.131. The number of pyridine rings is 1. The van der Waals surface area contributed by atoms with E-state index in [-0.39, 0.29) is 11.9 Å². The topological polar surface area (TPSA) is 48.8 Å². The van der Waals surface area contributed by atoms with E-state index in [0.29, 0.717) is 6.42 Å². The van der Waals surface area contributed by atoms with Crippen molar-refractivity contribution in [2.24, 2.45) is 4.99 Å². The van der Waals surface area contributed by atoms with E-state index in [1.165, 1.54) is 0 Å². The van der Waals surface area contributed by atoms with Crippen LogP contribution in [0.3, 0.4) is 0 Å². The van der Waals surface area contributed by atoms with Gasteiger partial charge in [-0.05, 0) is 30.4 Å². The Hall–Kier alpha value is -1.82. The van der Waals surface area contributed by atoms with Crippen molar-refractivity contribution in [2.45, 2.75) is 25.3 Å². The molecule has 0 aliphatic carbocycles. The maximum absolute atomic E-state index is 12.8. The summed E-state index contributed by atoms with van der Waals surface area (Å²) in [5, 5.41) is 3.12. The fraction of sp³-hybridized carbons (Fsp3) is 0.438. The number of amidine groups is 1. The summed E-state index contributed by atoms with van der Waals surface area (Å²) in [5.41, 5.74) is 2.10. The number of thioether (sulfide) groups is 1. The van der Waals surface area contributed by atoms with E-state index in [4.69, 9.17) is 0 Å². The zero-order valence-corrected chi connectivity index (χ0v) is 13.1. The number of rotatable bonds is 3. The highest BCUT2D eigenvalue weighted by molar-refractivity contribution is 8.16. The second kappa shape index (κ2) is 5.76. The second-order valence-corrected chi connectivity index (χ2v) is 6.56. The zero-order valence-electron chi connectivity index (χ0n) is 12.3. The molecule has 1 aromatic rings. The van der Waals surface area contributed by atoms with E-state index in [9.17, 15) is 4.79 Å². The van der Waals surface area contributed by atoms with Gasteiger partial charge in [0.2, 0.25) is 5.91 Å². The van der Waals surface area contributed by atoms with Gasteiger partial charge in [0.05, 0.1) is 24.7 Å². The van der Waals surface area contributed by atoms with Crippen LogP contribution in [0.1, 0.15) is 31.0 Å². The summed E-state index contributed by atoms with van der Waals surface area (Å²) in [6.07, 6.45) is 4.33. The van der Waals surface area contributed by atoms with Crippen molar-refractivity contribution in [1.29, 1.82) is 0 Å². The molecule has 0 radical (unpaired) electrons. The summed E-state index contributed by atoms with van der Waals surface area (Å²) >= 11 is 1.63. The molecule has 1 amide bonds. The van der Waals surface area contributed by atoms with Gasteiger partial charge in [0.25, 0.3) is 0 Å². The summed E-state index contributed by atoms with van der Waals surface area (Å²) < 4.78 is 0. The van der Waals surface area contributed by atoms with Gasteiger partial charge in [-0.25, -0.2) is 0 Å². The van der Waals surface area contributed by atoms with Crippen LogP contribution >= 0.6 is 11.8 Å². The molecule has 0 unspecified atom stereocenters. The van der Waals surface area contributed by atoms with E-state index in [0.717, 1.165) is 49.0 Å². The molecular formula is C16H18N4OS. The van der Waals surface area contributed by atoms with Crippen molar-refractivity contribution in [3.05, 3.63) is 41.2 Å². The van der Waals surface area contributed by atoms with Crippen LogP contribution in [0.15, 0.2) is 40.5 Å². The summed E-state index contributed by atoms with van der Waals surface area (Å²) in [6, 6.07) is 6.06. The number of carbonyl (C=O) groups is 1. The molecule has 1 atom stereocenters. The largest absolute Gasteiger partial charge is 0.334 e. The summed E-state index contributed by atoms with van der Waals surface area (Å²) in [7, 11) is 0. The Morgan fingerprint density at radius 2 is 2.32 bits per heavy atom. The first-order chi connectivity index (χ1) is 10.8. The van der Waals surface area contributed by atoms with Crippen molar-refractivity contribution >= 4 is 22.8 Å². The first-order valence-corrected chi connectivity index (χ1v) is 8.59. The molecule has 5 nitrogen and oxygen atoms in total. The number of aromatic nitrogens is 1. The monoisotopic (exact) mass is 314 g/mol. The fourth-order valence-corrected chi connectivity index (χ4v) is 4.27. The third-order valence-corrected chi connectivity index (χ3v) is 5.33. The number of likely N-dealkylation sites (tertiary alicyclic amines) is 1. The minimum Gasteiger partial charge on any atom is -0.334 e. The van der Waals surface area contributed by atoms with Gasteiger partial charge in [-0.3, -0.25) is 14.8 Å². The third-order valence-electron chi connectivity index (χ3n) is 4.38. The van der Waals surface area contributed by atoms with E-state index >= 15 is 0 Å². The molecule has 1 aromatic heterocycles. The molecule has 0 aromatic carbocycles. The lowest BCUT2D eigenvalue weighted by Crippen LogP contribution is -2.33. The van der Waals surface area contributed by atoms with E-state index in [1.807, 2.05) is 23.1 Å². The molecule has 0 N–H and O–H groups in total. The van der Waals surface area contributed by atoms with E-state index < -0.39 is 0 Å². The maximum Gasteiger partial charge on any atom is 0.229 e. The number of amides is 1. The Morgan fingerprint density at radius 3 is 3.18 bits per heavy atom. The first-order valence-electron chi connectivity index (χ1n) is 7.71. The van der Waals surface area contributed by atoms with E-state index in [2.05, 4.69) is 20.3 Å². The van der Waals surface area contributed by atoms with Crippen LogP contribution in [0.5, 0.6) is 0 Å². The average molecular weight is 314 g/mol. The van der Waals surface area contributed by atoms with Crippen molar-refractivity contribution in [3.8, 4) is 0 Å². The van der Waals surface area contributed by atoms with Gasteiger partial charge in [-0.2, -0.15) is 0 Å². The van der Waals surface area contributed by atoms with Gasteiger partial charge in [-0.1, -0.05) is 17.8 Å². The minimum absolute atomic E-state index is 0.134. The first kappa shape index (κ1) is 13.8. The normalized spacial score (nSPS) is 23.5. The predicted octanol–water partition coefficient (Wildman–Crippen LogP) is 2.40. The summed E-state index contributed by atoms with van der Waals surface area (Å²) in [5.74, 6) is 0.202. The van der Waals surface area contributed by atoms with Gasteiger partial charge in [-0.15, -0.1) is 0 Å². The standard InChI is InChI=1S/C16H18N4OS/c21-15(10-12-11-22-16-18-7-9-19(12)16)20-8-3-5-14(20)13-4-1-2-6-17-13/h1-2,4,6,11,14H,3,5,7-10H2/t14-/m1/s1. The van der Waals surface area contributed by atoms with Crippen LogP contribution in [-0.4, -0.2) is 45.5 Å². The summed E-state index contributed by atoms with van der Waals surface area (Å²) in [4.78, 5) is 25.8. The molecule has 1 saturated heterocycles. The van der Waals surface area contributed by atoms with Gasteiger partial charge < -0.3 is 9.80 Å². The summed E-state index contributed by atoms with van der Waals surface area (Å²) in [6.45, 7) is 2.58. The number of nitrogens with zero attached hydrogens (tertiary/aromatic N) is 4. The Bertz CT molecular complexity index is 643. The van der Waals surface area contributed by atoms with Gasteiger partial charge in [0.1, 0.15) is 0 Å². The molecule has 0 bridgehead atoms. The van der Waals surface area contributed by atoms with Crippen LogP contribution in [0.4, 0.5) is 0 Å². The third kappa shape index (κ3) is 2.41. The Balaban J connectivity index is 1.47. The molecule has 6 heteroatoms. The van der Waals surface area contributed by atoms with E-state index in [1.54, 1.807) is 18.0 Å². The Morgan fingerprint density at radius 1 is 1.36 bits per heavy atom. The lowest BCUT2D eigenvalue weighted by atomic mass is 10.1. The van der Waals surface area contributed by atoms with Crippen molar-refractivity contribution in [1.82, 2.24) is 14.8 Å². The molecule has 4 rings (SSSR count). The number of carbonyl (C=O) groups excluding carboxylic acids is 1. The SMILES string of the molecule is O=C(CC1=CSC2=NCCN12)N1CCC[C@@H]1c1ccccn1. The average Bonchev–Trinajstić information content (AvgIpc) is 3.26. The highest BCUT2D eigenvalue weighted by Gasteiger charge is 2.33.